The summed E-state index contributed by atoms with van der Waals surface area (Å²) in [6.45, 7) is 8.73. The molecule has 0 spiro atoms. The molecule has 3 atom stereocenters. The van der Waals surface area contributed by atoms with Crippen LogP contribution in [0.25, 0.3) is 0 Å². The van der Waals surface area contributed by atoms with Crippen molar-refractivity contribution in [2.75, 3.05) is 0 Å². The third-order valence-electron chi connectivity index (χ3n) is 4.86. The molecule has 3 unspecified atom stereocenters. The van der Waals surface area contributed by atoms with E-state index in [0.717, 1.165) is 12.0 Å². The molecule has 2 heteroatoms. The molecule has 2 rings (SSSR count). The molecule has 1 aliphatic rings. The fourth-order valence-corrected chi connectivity index (χ4v) is 3.24. The predicted octanol–water partition coefficient (Wildman–Crippen LogP) is 4.01. The van der Waals surface area contributed by atoms with Crippen LogP contribution in [0.4, 0.5) is 0 Å². The lowest BCUT2D eigenvalue weighted by molar-refractivity contribution is 0.0985. The molecule has 0 aromatic heterocycles. The Kier molecular flexibility index (Phi) is 5.83. The molecule has 0 amide bonds. The number of fused-ring (bicyclic) bond motifs is 1. The summed E-state index contributed by atoms with van der Waals surface area (Å²) in [5.74, 6) is 0.407. The zero-order valence-electron chi connectivity index (χ0n) is 14.0. The number of benzene rings is 1. The van der Waals surface area contributed by atoms with Crippen LogP contribution in [-0.2, 0) is 12.8 Å². The van der Waals surface area contributed by atoms with Crippen LogP contribution in [0.15, 0.2) is 18.2 Å². The molecule has 0 bridgehead atoms. The largest absolute Gasteiger partial charge is 0.387 e. The summed E-state index contributed by atoms with van der Waals surface area (Å²) in [5, 5.41) is 14.4. The van der Waals surface area contributed by atoms with Crippen LogP contribution >= 0.6 is 0 Å². The maximum absolute atomic E-state index is 10.8. The Bertz CT molecular complexity index is 455. The van der Waals surface area contributed by atoms with Gasteiger partial charge in [-0.25, -0.2) is 0 Å². The Morgan fingerprint density at radius 3 is 2.38 bits per heavy atom. The van der Waals surface area contributed by atoms with Crippen LogP contribution in [0.5, 0.6) is 0 Å². The van der Waals surface area contributed by atoms with E-state index in [2.05, 4.69) is 51.2 Å². The number of nitrogens with one attached hydrogen (secondary N) is 1. The number of hydrogen-bond donors (Lipinski definition) is 2. The van der Waals surface area contributed by atoms with Crippen LogP contribution in [-0.4, -0.2) is 17.2 Å². The molecule has 0 radical (unpaired) electrons. The second-order valence-electron chi connectivity index (χ2n) is 6.93. The number of aliphatic hydroxyl groups is 1. The molecule has 0 fully saturated rings. The van der Waals surface area contributed by atoms with E-state index in [0.29, 0.717) is 12.0 Å². The standard InChI is InChI=1S/C19H31NO/c1-5-14(4)20-18(13(2)3)19(21)17-11-10-15-8-6-7-9-16(15)12-17/h10-14,18-21H,5-9H2,1-4H3. The van der Waals surface area contributed by atoms with Gasteiger partial charge in [0.25, 0.3) is 0 Å². The number of aryl methyl sites for hydroxylation is 2. The highest BCUT2D eigenvalue weighted by Gasteiger charge is 2.25. The van der Waals surface area contributed by atoms with Gasteiger partial charge < -0.3 is 10.4 Å². The lowest BCUT2D eigenvalue weighted by Gasteiger charge is -2.31. The van der Waals surface area contributed by atoms with Crippen molar-refractivity contribution in [1.29, 1.82) is 0 Å². The Morgan fingerprint density at radius 2 is 1.76 bits per heavy atom. The highest BCUT2D eigenvalue weighted by molar-refractivity contribution is 5.35. The van der Waals surface area contributed by atoms with Crippen LogP contribution in [0.1, 0.15) is 69.8 Å². The third-order valence-corrected chi connectivity index (χ3v) is 4.86. The quantitative estimate of drug-likeness (QED) is 0.829. The summed E-state index contributed by atoms with van der Waals surface area (Å²) in [6.07, 6.45) is 5.61. The van der Waals surface area contributed by atoms with E-state index >= 15 is 0 Å². The zero-order chi connectivity index (χ0) is 15.4. The van der Waals surface area contributed by atoms with Gasteiger partial charge in [-0.15, -0.1) is 0 Å². The third kappa shape index (κ3) is 4.08. The molecular formula is C19H31NO. The van der Waals surface area contributed by atoms with E-state index < -0.39 is 6.10 Å². The molecule has 2 nitrogen and oxygen atoms in total. The van der Waals surface area contributed by atoms with Gasteiger partial charge in [0, 0.05) is 12.1 Å². The van der Waals surface area contributed by atoms with Crippen LogP contribution in [0, 0.1) is 5.92 Å². The average Bonchev–Trinajstić information content (AvgIpc) is 2.50. The monoisotopic (exact) mass is 289 g/mol. The van der Waals surface area contributed by atoms with Crippen molar-refractivity contribution in [2.24, 2.45) is 5.92 Å². The van der Waals surface area contributed by atoms with E-state index in [1.165, 1.54) is 36.8 Å². The highest BCUT2D eigenvalue weighted by atomic mass is 16.3. The Balaban J connectivity index is 2.17. The van der Waals surface area contributed by atoms with E-state index in [4.69, 9.17) is 0 Å². The van der Waals surface area contributed by atoms with Gasteiger partial charge in [-0.05, 0) is 61.6 Å². The van der Waals surface area contributed by atoms with Crippen molar-refractivity contribution in [1.82, 2.24) is 5.32 Å². The smallest absolute Gasteiger partial charge is 0.0945 e. The SMILES string of the molecule is CCC(C)NC(C(C)C)C(O)c1ccc2c(c1)CCCC2. The first-order chi connectivity index (χ1) is 10.0. The minimum atomic E-state index is -0.425. The Labute approximate surface area is 130 Å². The first-order valence-electron chi connectivity index (χ1n) is 8.58. The van der Waals surface area contributed by atoms with Crippen LogP contribution < -0.4 is 5.32 Å². The fraction of sp³-hybridized carbons (Fsp3) is 0.684. The fourth-order valence-electron chi connectivity index (χ4n) is 3.24. The van der Waals surface area contributed by atoms with Gasteiger partial charge in [-0.2, -0.15) is 0 Å². The molecule has 1 aliphatic carbocycles. The van der Waals surface area contributed by atoms with Gasteiger partial charge in [0.15, 0.2) is 0 Å². The summed E-state index contributed by atoms with van der Waals surface area (Å²) in [7, 11) is 0. The average molecular weight is 289 g/mol. The van der Waals surface area contributed by atoms with Gasteiger partial charge in [0.05, 0.1) is 6.10 Å². The summed E-state index contributed by atoms with van der Waals surface area (Å²) in [6, 6.07) is 7.15. The first-order valence-corrected chi connectivity index (χ1v) is 8.58. The van der Waals surface area contributed by atoms with Crippen LogP contribution in [0.2, 0.25) is 0 Å². The zero-order valence-corrected chi connectivity index (χ0v) is 14.0. The lowest BCUT2D eigenvalue weighted by Crippen LogP contribution is -2.43. The van der Waals surface area contributed by atoms with E-state index in [-0.39, 0.29) is 6.04 Å². The molecule has 0 saturated heterocycles. The maximum atomic E-state index is 10.8. The molecule has 0 heterocycles. The van der Waals surface area contributed by atoms with Gasteiger partial charge in [0.2, 0.25) is 0 Å². The Morgan fingerprint density at radius 1 is 1.10 bits per heavy atom. The number of hydrogen-bond acceptors (Lipinski definition) is 2. The molecule has 2 N–H and O–H groups in total. The second kappa shape index (κ2) is 7.42. The summed E-state index contributed by atoms with van der Waals surface area (Å²) in [5.41, 5.74) is 4.00. The predicted molar refractivity (Wildman–Crippen MR) is 89.6 cm³/mol. The van der Waals surface area contributed by atoms with E-state index in [1.807, 2.05) is 0 Å². The summed E-state index contributed by atoms with van der Waals surface area (Å²) < 4.78 is 0. The minimum absolute atomic E-state index is 0.113. The Hall–Kier alpha value is -0.860. The molecule has 21 heavy (non-hydrogen) atoms. The summed E-state index contributed by atoms with van der Waals surface area (Å²) in [4.78, 5) is 0. The highest BCUT2D eigenvalue weighted by Crippen LogP contribution is 2.28. The number of aliphatic hydroxyl groups excluding tert-OH is 1. The normalized spacial score (nSPS) is 19.1. The van der Waals surface area contributed by atoms with E-state index in [1.54, 1.807) is 0 Å². The van der Waals surface area contributed by atoms with Crippen molar-refractivity contribution in [2.45, 2.75) is 78.0 Å². The van der Waals surface area contributed by atoms with Gasteiger partial charge in [0.1, 0.15) is 0 Å². The van der Waals surface area contributed by atoms with Crippen molar-refractivity contribution in [3.63, 3.8) is 0 Å². The van der Waals surface area contributed by atoms with Crippen molar-refractivity contribution in [3.8, 4) is 0 Å². The molecule has 0 aliphatic heterocycles. The molecular weight excluding hydrogens is 258 g/mol. The van der Waals surface area contributed by atoms with Crippen LogP contribution in [0.3, 0.4) is 0 Å². The van der Waals surface area contributed by atoms with Crippen molar-refractivity contribution < 1.29 is 5.11 Å². The van der Waals surface area contributed by atoms with Crippen molar-refractivity contribution >= 4 is 0 Å². The molecule has 1 aromatic carbocycles. The minimum Gasteiger partial charge on any atom is -0.387 e. The first kappa shape index (κ1) is 16.5. The second-order valence-corrected chi connectivity index (χ2v) is 6.93. The lowest BCUT2D eigenvalue weighted by atomic mass is 9.86. The van der Waals surface area contributed by atoms with Gasteiger partial charge in [-0.3, -0.25) is 0 Å². The van der Waals surface area contributed by atoms with E-state index in [9.17, 15) is 5.11 Å². The van der Waals surface area contributed by atoms with Gasteiger partial charge >= 0.3 is 0 Å². The maximum Gasteiger partial charge on any atom is 0.0945 e. The van der Waals surface area contributed by atoms with Crippen molar-refractivity contribution in [3.05, 3.63) is 34.9 Å². The molecule has 0 saturated carbocycles. The number of rotatable bonds is 6. The van der Waals surface area contributed by atoms with Gasteiger partial charge in [-0.1, -0.05) is 39.0 Å². The summed E-state index contributed by atoms with van der Waals surface area (Å²) >= 11 is 0. The molecule has 118 valence electrons. The topological polar surface area (TPSA) is 32.3 Å². The molecule has 1 aromatic rings.